The van der Waals surface area contributed by atoms with E-state index in [1.807, 2.05) is 30.6 Å². The highest BCUT2D eigenvalue weighted by Gasteiger charge is 2.31. The minimum atomic E-state index is -0.819. The third kappa shape index (κ3) is 17.1. The Kier molecular flexibility index (Phi) is 17.2. The van der Waals surface area contributed by atoms with Crippen LogP contribution in [0.5, 0.6) is 0 Å². The minimum absolute atomic E-state index is 0.202. The molecule has 1 aliphatic carbocycles. The van der Waals surface area contributed by atoms with E-state index >= 15 is 0 Å². The smallest absolute Gasteiger partial charge is 0.408 e. The van der Waals surface area contributed by atoms with E-state index in [1.54, 1.807) is 41.5 Å². The molecule has 3 amide bonds. The lowest BCUT2D eigenvalue weighted by Gasteiger charge is -2.35. The van der Waals surface area contributed by atoms with Crippen molar-refractivity contribution in [1.82, 2.24) is 21.3 Å². The molecule has 0 aliphatic heterocycles. The SMILES string of the molecule is CNCCSC1CCC1SCCNC(=O)C(CSSCC(NC(=O)OC(C)(C)C)C(C)=O)NC(=O)OC(C)(C)C. The van der Waals surface area contributed by atoms with E-state index in [9.17, 15) is 19.2 Å². The highest BCUT2D eigenvalue weighted by Crippen LogP contribution is 2.39. The lowest BCUT2D eigenvalue weighted by atomic mass is 9.99. The molecule has 1 fully saturated rings. The quantitative estimate of drug-likeness (QED) is 0.135. The van der Waals surface area contributed by atoms with E-state index in [4.69, 9.17) is 9.47 Å². The van der Waals surface area contributed by atoms with Crippen LogP contribution < -0.4 is 21.3 Å². The van der Waals surface area contributed by atoms with Gasteiger partial charge in [0.05, 0.1) is 0 Å². The summed E-state index contributed by atoms with van der Waals surface area (Å²) in [5.74, 6) is 1.96. The number of carbonyl (C=O) groups is 4. The minimum Gasteiger partial charge on any atom is -0.444 e. The summed E-state index contributed by atoms with van der Waals surface area (Å²) in [6.45, 7) is 13.4. The molecule has 0 aromatic heterocycles. The molecule has 0 aromatic rings. The van der Waals surface area contributed by atoms with Gasteiger partial charge in [-0.15, -0.1) is 0 Å². The monoisotopic (exact) mass is 640 g/mol. The average Bonchev–Trinajstić information content (AvgIpc) is 2.79. The van der Waals surface area contributed by atoms with Crippen LogP contribution in [0, 0.1) is 0 Å². The molecule has 0 heterocycles. The lowest BCUT2D eigenvalue weighted by molar-refractivity contribution is -0.122. The average molecular weight is 641 g/mol. The molecule has 1 aliphatic rings. The second-order valence-corrected chi connectivity index (χ2v) is 16.6. The van der Waals surface area contributed by atoms with Gasteiger partial charge in [-0.05, 0) is 68.4 Å². The van der Waals surface area contributed by atoms with Gasteiger partial charge in [-0.3, -0.25) is 9.59 Å². The number of Topliss-reactive ketones (excluding diaryl/α,β-unsaturated/α-hetero) is 1. The third-order valence-corrected chi connectivity index (χ3v) is 10.8. The van der Waals surface area contributed by atoms with E-state index in [-0.39, 0.29) is 23.2 Å². The largest absolute Gasteiger partial charge is 0.444 e. The Hall–Kier alpha value is -0.960. The maximum absolute atomic E-state index is 13.0. The van der Waals surface area contributed by atoms with Crippen molar-refractivity contribution in [3.8, 4) is 0 Å². The molecule has 0 saturated heterocycles. The molecule has 0 aromatic carbocycles. The standard InChI is InChI=1S/C26H48N4O6S4/c1-17(31)18(29-23(33)35-25(2,3)4)15-39-40-16-19(30-24(34)36-26(5,6)7)22(32)28-12-14-38-21-10-9-20(21)37-13-11-27-8/h18-21,27H,9-16H2,1-8H3,(H,28,32)(H,29,33)(H,30,34). The molecule has 0 bridgehead atoms. The first-order chi connectivity index (χ1) is 18.6. The molecule has 4 N–H and O–H groups in total. The maximum atomic E-state index is 13.0. The molecule has 40 heavy (non-hydrogen) atoms. The highest BCUT2D eigenvalue weighted by atomic mass is 33.1. The van der Waals surface area contributed by atoms with Gasteiger partial charge in [-0.2, -0.15) is 23.5 Å². The summed E-state index contributed by atoms with van der Waals surface area (Å²) in [6.07, 6.45) is 1.12. The van der Waals surface area contributed by atoms with Crippen LogP contribution in [0.15, 0.2) is 0 Å². The molecule has 4 atom stereocenters. The van der Waals surface area contributed by atoms with Crippen LogP contribution in [-0.4, -0.2) is 101 Å². The van der Waals surface area contributed by atoms with Crippen LogP contribution in [0.4, 0.5) is 9.59 Å². The predicted molar refractivity (Wildman–Crippen MR) is 171 cm³/mol. The van der Waals surface area contributed by atoms with Crippen molar-refractivity contribution >= 4 is 69.0 Å². The first-order valence-corrected chi connectivity index (χ1v) is 18.1. The lowest BCUT2D eigenvalue weighted by Crippen LogP contribution is -2.50. The summed E-state index contributed by atoms with van der Waals surface area (Å²) >= 11 is 3.89. The third-order valence-electron chi connectivity index (χ3n) is 5.31. The normalized spacial score (nSPS) is 18.6. The number of ketones is 1. The van der Waals surface area contributed by atoms with Gasteiger partial charge in [0.2, 0.25) is 5.91 Å². The van der Waals surface area contributed by atoms with E-state index in [2.05, 4.69) is 21.3 Å². The van der Waals surface area contributed by atoms with Gasteiger partial charge in [0.1, 0.15) is 23.3 Å². The van der Waals surface area contributed by atoms with Crippen LogP contribution in [-0.2, 0) is 19.1 Å². The molecule has 1 saturated carbocycles. The van der Waals surface area contributed by atoms with Gasteiger partial charge in [0, 0.05) is 46.6 Å². The van der Waals surface area contributed by atoms with Crippen LogP contribution in [0.25, 0.3) is 0 Å². The summed E-state index contributed by atoms with van der Waals surface area (Å²) < 4.78 is 10.6. The van der Waals surface area contributed by atoms with Crippen molar-refractivity contribution in [3.05, 3.63) is 0 Å². The second kappa shape index (κ2) is 18.6. The summed E-state index contributed by atoms with van der Waals surface area (Å²) in [5.41, 5.74) is -1.37. The van der Waals surface area contributed by atoms with Gasteiger partial charge in [0.25, 0.3) is 0 Å². The number of ether oxygens (including phenoxy) is 2. The Morgan fingerprint density at radius 1 is 0.775 bits per heavy atom. The number of nitrogens with one attached hydrogen (secondary N) is 4. The van der Waals surface area contributed by atoms with Crippen LogP contribution in [0.2, 0.25) is 0 Å². The summed E-state index contributed by atoms with van der Waals surface area (Å²) in [4.78, 5) is 49.5. The van der Waals surface area contributed by atoms with Crippen LogP contribution in [0.1, 0.15) is 61.3 Å². The molecule has 0 radical (unpaired) electrons. The van der Waals surface area contributed by atoms with Crippen molar-refractivity contribution in [2.45, 2.75) is 95.1 Å². The summed E-state index contributed by atoms with van der Waals surface area (Å²) in [5, 5.41) is 12.7. The number of carbonyl (C=O) groups excluding carboxylic acids is 4. The number of rotatable bonds is 17. The molecule has 14 heteroatoms. The Labute approximate surface area is 256 Å². The van der Waals surface area contributed by atoms with Crippen LogP contribution in [0.3, 0.4) is 0 Å². The molecule has 1 rings (SSSR count). The fourth-order valence-electron chi connectivity index (χ4n) is 3.22. The molecule has 0 spiro atoms. The number of amides is 3. The first kappa shape index (κ1) is 37.1. The zero-order valence-electron chi connectivity index (χ0n) is 25.0. The topological polar surface area (TPSA) is 135 Å². The Balaban J connectivity index is 2.56. The predicted octanol–water partition coefficient (Wildman–Crippen LogP) is 4.08. The Morgan fingerprint density at radius 3 is 1.65 bits per heavy atom. The summed E-state index contributed by atoms with van der Waals surface area (Å²) in [6, 6.07) is -1.55. The van der Waals surface area contributed by atoms with Gasteiger partial charge in [-0.25, -0.2) is 9.59 Å². The Bertz CT molecular complexity index is 822. The summed E-state index contributed by atoms with van der Waals surface area (Å²) in [7, 11) is 4.62. The fraction of sp³-hybridized carbons (Fsp3) is 0.846. The maximum Gasteiger partial charge on any atom is 0.408 e. The van der Waals surface area contributed by atoms with Gasteiger partial charge < -0.3 is 30.7 Å². The van der Waals surface area contributed by atoms with E-state index in [1.165, 1.54) is 41.4 Å². The molecule has 10 nitrogen and oxygen atoms in total. The fourth-order valence-corrected chi connectivity index (χ4v) is 8.55. The van der Waals surface area contributed by atoms with Crippen molar-refractivity contribution in [1.29, 1.82) is 0 Å². The van der Waals surface area contributed by atoms with Crippen LogP contribution >= 0.6 is 45.1 Å². The van der Waals surface area contributed by atoms with Gasteiger partial charge in [-0.1, -0.05) is 21.6 Å². The second-order valence-electron chi connectivity index (χ2n) is 11.4. The molecular weight excluding hydrogens is 593 g/mol. The first-order valence-electron chi connectivity index (χ1n) is 13.5. The van der Waals surface area contributed by atoms with Gasteiger partial charge >= 0.3 is 12.2 Å². The van der Waals surface area contributed by atoms with Gasteiger partial charge in [0.15, 0.2) is 5.78 Å². The van der Waals surface area contributed by atoms with E-state index in [0.29, 0.717) is 17.0 Å². The number of hydrogen-bond donors (Lipinski definition) is 4. The molecule has 232 valence electrons. The van der Waals surface area contributed by atoms with Crippen molar-refractivity contribution in [3.63, 3.8) is 0 Å². The van der Waals surface area contributed by atoms with Crippen molar-refractivity contribution < 1.29 is 28.7 Å². The molecular formula is C26H48N4O6S4. The van der Waals surface area contributed by atoms with E-state index < -0.39 is 35.5 Å². The van der Waals surface area contributed by atoms with Crippen molar-refractivity contribution in [2.75, 3.05) is 43.1 Å². The molecule has 4 unspecified atom stereocenters. The zero-order chi connectivity index (χ0) is 30.3. The highest BCUT2D eigenvalue weighted by molar-refractivity contribution is 8.76. The number of alkyl carbamates (subject to hydrolysis) is 2. The Morgan fingerprint density at radius 2 is 1.23 bits per heavy atom. The number of thioether (sulfide) groups is 2. The number of hydrogen-bond acceptors (Lipinski definition) is 11. The van der Waals surface area contributed by atoms with E-state index in [0.717, 1.165) is 18.1 Å². The van der Waals surface area contributed by atoms with Crippen molar-refractivity contribution in [2.24, 2.45) is 0 Å². The zero-order valence-corrected chi connectivity index (χ0v) is 28.3.